The summed E-state index contributed by atoms with van der Waals surface area (Å²) in [5.74, 6) is -0.276. The number of pyridine rings is 1. The van der Waals surface area contributed by atoms with E-state index in [1.807, 2.05) is 31.2 Å². The second kappa shape index (κ2) is 10.1. The van der Waals surface area contributed by atoms with Crippen LogP contribution in [-0.2, 0) is 4.74 Å². The molecule has 0 saturated carbocycles. The number of hydrogen-bond donors (Lipinski definition) is 0. The van der Waals surface area contributed by atoms with Crippen LogP contribution in [0.5, 0.6) is 5.75 Å². The average Bonchev–Trinajstić information content (AvgIpc) is 3.15. The van der Waals surface area contributed by atoms with Gasteiger partial charge in [-0.3, -0.25) is 0 Å². The summed E-state index contributed by atoms with van der Waals surface area (Å²) in [7, 11) is 0. The third-order valence-electron chi connectivity index (χ3n) is 6.24. The van der Waals surface area contributed by atoms with Crippen molar-refractivity contribution in [1.82, 2.24) is 4.98 Å². The van der Waals surface area contributed by atoms with Crippen molar-refractivity contribution in [3.05, 3.63) is 59.2 Å². The van der Waals surface area contributed by atoms with Gasteiger partial charge in [-0.25, -0.2) is 4.98 Å². The fourth-order valence-electron chi connectivity index (χ4n) is 4.38. The zero-order valence-corrected chi connectivity index (χ0v) is 22.0. The molecule has 7 heteroatoms. The Kier molecular flexibility index (Phi) is 7.41. The number of nitrogens with zero attached hydrogens (tertiary/aromatic N) is 1. The van der Waals surface area contributed by atoms with E-state index in [4.69, 9.17) is 14.5 Å². The van der Waals surface area contributed by atoms with Crippen LogP contribution in [0.15, 0.2) is 42.5 Å². The molecule has 0 amide bonds. The SMILES string of the molecule is Cc1c(-c2cc(C(=O)[O-])c3c(OCC4CCOCC4)ccc(C)c3n2)sc2ccccc12.[Na+]. The Labute approximate surface area is 219 Å². The molecular weight excluding hydrogens is 445 g/mol. The Morgan fingerprint density at radius 1 is 1.18 bits per heavy atom. The fourth-order valence-corrected chi connectivity index (χ4v) is 5.55. The van der Waals surface area contributed by atoms with Crippen LogP contribution in [0.3, 0.4) is 0 Å². The molecule has 1 fully saturated rings. The molecule has 0 spiro atoms. The number of carboxylic acid groups (broad SMARTS) is 1. The van der Waals surface area contributed by atoms with Crippen LogP contribution >= 0.6 is 11.3 Å². The standard InChI is InChI=1S/C26H25NO4S.Na/c1-15-7-8-21(31-14-17-9-11-30-12-10-17)23-19(26(28)29)13-20(27-24(15)23)25-16(2)18-5-3-4-6-22(18)32-25;/h3-8,13,17H,9-12,14H2,1-2H3,(H,28,29);/q;+1/p-1. The summed E-state index contributed by atoms with van der Waals surface area (Å²) >= 11 is 1.63. The Bertz CT molecular complexity index is 1330. The van der Waals surface area contributed by atoms with Crippen LogP contribution in [-0.4, -0.2) is 30.8 Å². The normalized spacial score (nSPS) is 14.4. The third kappa shape index (κ3) is 4.68. The topological polar surface area (TPSA) is 71.5 Å². The van der Waals surface area contributed by atoms with Gasteiger partial charge >= 0.3 is 29.6 Å². The molecule has 0 bridgehead atoms. The van der Waals surface area contributed by atoms with Crippen LogP contribution in [0, 0.1) is 19.8 Å². The number of carboxylic acids is 1. The smallest absolute Gasteiger partial charge is 0.545 e. The van der Waals surface area contributed by atoms with Crippen molar-refractivity contribution in [2.75, 3.05) is 19.8 Å². The number of aryl methyl sites for hydroxylation is 2. The largest absolute Gasteiger partial charge is 1.00 e. The zero-order chi connectivity index (χ0) is 22.2. The van der Waals surface area contributed by atoms with Gasteiger partial charge in [-0.05, 0) is 67.3 Å². The summed E-state index contributed by atoms with van der Waals surface area (Å²) in [6.45, 7) is 6.02. The quantitative estimate of drug-likeness (QED) is 0.418. The number of carbonyl (C=O) groups is 1. The first kappa shape index (κ1) is 24.2. The first-order chi connectivity index (χ1) is 15.5. The number of ether oxygens (including phenoxy) is 2. The van der Waals surface area contributed by atoms with Gasteiger partial charge in [-0.1, -0.05) is 24.3 Å². The van der Waals surface area contributed by atoms with E-state index in [0.29, 0.717) is 34.9 Å². The first-order valence-electron chi connectivity index (χ1n) is 10.9. The van der Waals surface area contributed by atoms with E-state index < -0.39 is 5.97 Å². The molecule has 3 heterocycles. The minimum absolute atomic E-state index is 0. The Hall–Kier alpha value is -1.96. The van der Waals surface area contributed by atoms with Crippen LogP contribution < -0.4 is 39.4 Å². The summed E-state index contributed by atoms with van der Waals surface area (Å²) in [6, 6.07) is 13.6. The molecule has 0 aliphatic carbocycles. The monoisotopic (exact) mass is 469 g/mol. The molecule has 5 rings (SSSR count). The number of thiophene rings is 1. The molecule has 5 nitrogen and oxygen atoms in total. The van der Waals surface area contributed by atoms with Gasteiger partial charge in [0.1, 0.15) is 5.75 Å². The van der Waals surface area contributed by atoms with Crippen molar-refractivity contribution < 1.29 is 48.9 Å². The maximum atomic E-state index is 12.2. The van der Waals surface area contributed by atoms with E-state index in [1.165, 1.54) is 0 Å². The molecule has 33 heavy (non-hydrogen) atoms. The predicted octanol–water partition coefficient (Wildman–Crippen LogP) is 1.91. The van der Waals surface area contributed by atoms with Crippen LogP contribution in [0.1, 0.15) is 34.3 Å². The van der Waals surface area contributed by atoms with Crippen molar-refractivity contribution in [1.29, 1.82) is 0 Å². The van der Waals surface area contributed by atoms with Gasteiger partial charge in [0.05, 0.1) is 34.1 Å². The van der Waals surface area contributed by atoms with E-state index >= 15 is 0 Å². The molecule has 164 valence electrons. The first-order valence-corrected chi connectivity index (χ1v) is 11.7. The third-order valence-corrected chi connectivity index (χ3v) is 7.53. The number of aromatic carboxylic acids is 1. The average molecular weight is 470 g/mol. The molecule has 1 saturated heterocycles. The van der Waals surface area contributed by atoms with E-state index in [9.17, 15) is 9.90 Å². The summed E-state index contributed by atoms with van der Waals surface area (Å²) in [6.07, 6.45) is 1.90. The zero-order valence-electron chi connectivity index (χ0n) is 19.1. The molecule has 0 unspecified atom stereocenters. The van der Waals surface area contributed by atoms with Crippen LogP contribution in [0.4, 0.5) is 0 Å². The van der Waals surface area contributed by atoms with Crippen molar-refractivity contribution in [3.8, 4) is 16.3 Å². The molecule has 0 N–H and O–H groups in total. The van der Waals surface area contributed by atoms with E-state index in [2.05, 4.69) is 19.1 Å². The minimum atomic E-state index is -1.22. The molecular formula is C26H24NNaO4S. The second-order valence-electron chi connectivity index (χ2n) is 8.37. The molecule has 2 aromatic carbocycles. The maximum absolute atomic E-state index is 12.2. The number of carbonyl (C=O) groups excluding carboxylic acids is 1. The number of hydrogen-bond acceptors (Lipinski definition) is 6. The Balaban J connectivity index is 0.00000259. The molecule has 2 aromatic heterocycles. The van der Waals surface area contributed by atoms with Crippen LogP contribution in [0.2, 0.25) is 0 Å². The summed E-state index contributed by atoms with van der Waals surface area (Å²) < 4.78 is 12.7. The molecule has 0 radical (unpaired) electrons. The number of fused-ring (bicyclic) bond motifs is 2. The van der Waals surface area contributed by atoms with Gasteiger partial charge in [0.2, 0.25) is 0 Å². The molecule has 0 atom stereocenters. The van der Waals surface area contributed by atoms with Crippen molar-refractivity contribution in [2.24, 2.45) is 5.92 Å². The van der Waals surface area contributed by atoms with Gasteiger partial charge in [0, 0.05) is 23.5 Å². The Morgan fingerprint density at radius 2 is 1.94 bits per heavy atom. The maximum Gasteiger partial charge on any atom is 1.00 e. The number of benzene rings is 2. The number of rotatable bonds is 5. The van der Waals surface area contributed by atoms with Gasteiger partial charge in [0.15, 0.2) is 0 Å². The minimum Gasteiger partial charge on any atom is -0.545 e. The van der Waals surface area contributed by atoms with Crippen molar-refractivity contribution in [2.45, 2.75) is 26.7 Å². The van der Waals surface area contributed by atoms with Crippen LogP contribution in [0.25, 0.3) is 31.6 Å². The fraction of sp³-hybridized carbons (Fsp3) is 0.308. The van der Waals surface area contributed by atoms with Gasteiger partial charge < -0.3 is 19.4 Å². The van der Waals surface area contributed by atoms with Crippen molar-refractivity contribution >= 4 is 38.3 Å². The van der Waals surface area contributed by atoms with Gasteiger partial charge in [-0.15, -0.1) is 11.3 Å². The van der Waals surface area contributed by atoms with Gasteiger partial charge in [0.25, 0.3) is 0 Å². The van der Waals surface area contributed by atoms with E-state index in [1.54, 1.807) is 17.4 Å². The predicted molar refractivity (Wildman–Crippen MR) is 125 cm³/mol. The van der Waals surface area contributed by atoms with Crippen molar-refractivity contribution in [3.63, 3.8) is 0 Å². The molecule has 1 aliphatic heterocycles. The van der Waals surface area contributed by atoms with E-state index in [0.717, 1.165) is 52.1 Å². The number of aromatic nitrogens is 1. The van der Waals surface area contributed by atoms with Gasteiger partial charge in [-0.2, -0.15) is 0 Å². The van der Waals surface area contributed by atoms with E-state index in [-0.39, 0.29) is 35.1 Å². The summed E-state index contributed by atoms with van der Waals surface area (Å²) in [5.41, 5.74) is 3.42. The molecule has 4 aromatic rings. The molecule has 1 aliphatic rings. The Morgan fingerprint density at radius 3 is 2.67 bits per heavy atom. The summed E-state index contributed by atoms with van der Waals surface area (Å²) in [5, 5.41) is 13.9. The second-order valence-corrected chi connectivity index (χ2v) is 9.42. The summed E-state index contributed by atoms with van der Waals surface area (Å²) in [4.78, 5) is 18.1.